The number of unbranched alkanes of at least 4 members (excludes halogenated alkanes) is 11. The Kier molecular flexibility index (Phi) is 16.1. The van der Waals surface area contributed by atoms with Gasteiger partial charge in [0.05, 0.1) is 37.0 Å². The first kappa shape index (κ1) is 26.1. The SMILES string of the molecule is CCCCCCCCCCCCCC[C@H](O)[C@H]1N[C@H](CO)[C@@H](O)[C@@H]1O.Cl. The van der Waals surface area contributed by atoms with Gasteiger partial charge in [-0.2, -0.15) is 0 Å². The predicted octanol–water partition coefficient (Wildman–Crippen LogP) is 2.91. The zero-order chi connectivity index (χ0) is 18.5. The number of rotatable bonds is 15. The molecular weight excluding hydrogens is 354 g/mol. The van der Waals surface area contributed by atoms with Crippen LogP contribution in [0.2, 0.25) is 0 Å². The molecule has 5 N–H and O–H groups in total. The maximum absolute atomic E-state index is 10.2. The van der Waals surface area contributed by atoms with Gasteiger partial charge in [0.1, 0.15) is 0 Å². The molecule has 0 unspecified atom stereocenters. The molecule has 0 aromatic carbocycles. The number of hydrogen-bond donors (Lipinski definition) is 5. The van der Waals surface area contributed by atoms with E-state index in [1.165, 1.54) is 64.2 Å². The van der Waals surface area contributed by atoms with Gasteiger partial charge in [0.15, 0.2) is 0 Å². The van der Waals surface area contributed by atoms with Crippen molar-refractivity contribution < 1.29 is 20.4 Å². The van der Waals surface area contributed by atoms with Crippen molar-refractivity contribution in [2.45, 2.75) is 121 Å². The van der Waals surface area contributed by atoms with Gasteiger partial charge in [0.25, 0.3) is 0 Å². The van der Waals surface area contributed by atoms with Gasteiger partial charge in [-0.25, -0.2) is 0 Å². The van der Waals surface area contributed by atoms with Crippen molar-refractivity contribution in [1.29, 1.82) is 0 Å². The van der Waals surface area contributed by atoms with Crippen molar-refractivity contribution >= 4 is 12.4 Å². The van der Waals surface area contributed by atoms with E-state index in [0.29, 0.717) is 6.42 Å². The summed E-state index contributed by atoms with van der Waals surface area (Å²) in [6.45, 7) is 2.01. The summed E-state index contributed by atoms with van der Waals surface area (Å²) in [6, 6.07) is -1.09. The van der Waals surface area contributed by atoms with E-state index < -0.39 is 30.4 Å². The minimum atomic E-state index is -1.01. The van der Waals surface area contributed by atoms with Gasteiger partial charge in [-0.3, -0.25) is 0 Å². The lowest BCUT2D eigenvalue weighted by Gasteiger charge is -2.22. The van der Waals surface area contributed by atoms with E-state index in [9.17, 15) is 15.3 Å². The molecule has 1 aliphatic heterocycles. The van der Waals surface area contributed by atoms with Gasteiger partial charge in [-0.1, -0.05) is 84.0 Å². The second-order valence-corrected chi connectivity index (χ2v) is 7.71. The number of nitrogens with one attached hydrogen (secondary N) is 1. The van der Waals surface area contributed by atoms with E-state index in [1.807, 2.05) is 0 Å². The van der Waals surface area contributed by atoms with Crippen LogP contribution < -0.4 is 5.32 Å². The first-order valence-corrected chi connectivity index (χ1v) is 10.5. The summed E-state index contributed by atoms with van der Waals surface area (Å²) >= 11 is 0. The Bertz CT molecular complexity index is 322. The van der Waals surface area contributed by atoms with Crippen LogP contribution in [0.5, 0.6) is 0 Å². The first-order valence-electron chi connectivity index (χ1n) is 10.5. The summed E-state index contributed by atoms with van der Waals surface area (Å²) in [6.07, 6.45) is 13.3. The lowest BCUT2D eigenvalue weighted by atomic mass is 9.98. The minimum Gasteiger partial charge on any atom is -0.395 e. The standard InChI is InChI=1S/C20H41NO4.ClH/c1-2-3-4-5-6-7-8-9-10-11-12-13-14-17(23)18-20(25)19(24)16(15-22)21-18;/h16-25H,2-15H2,1H3;1H/t16-,17+,18-,19-,20-;/m1./s1. The van der Waals surface area contributed by atoms with Gasteiger partial charge in [-0.15, -0.1) is 12.4 Å². The highest BCUT2D eigenvalue weighted by Gasteiger charge is 2.43. The fraction of sp³-hybridized carbons (Fsp3) is 1.00. The molecule has 5 nitrogen and oxygen atoms in total. The van der Waals surface area contributed by atoms with Crippen molar-refractivity contribution in [3.05, 3.63) is 0 Å². The molecule has 158 valence electrons. The van der Waals surface area contributed by atoms with Crippen molar-refractivity contribution in [1.82, 2.24) is 5.32 Å². The quantitative estimate of drug-likeness (QED) is 0.275. The Morgan fingerprint density at radius 2 is 1.23 bits per heavy atom. The minimum absolute atomic E-state index is 0. The van der Waals surface area contributed by atoms with Gasteiger partial charge >= 0.3 is 0 Å². The Morgan fingerprint density at radius 1 is 0.769 bits per heavy atom. The van der Waals surface area contributed by atoms with Gasteiger partial charge < -0.3 is 25.7 Å². The molecule has 1 aliphatic rings. The molecule has 0 aliphatic carbocycles. The van der Waals surface area contributed by atoms with Gasteiger partial charge in [0, 0.05) is 0 Å². The molecule has 1 rings (SSSR count). The van der Waals surface area contributed by atoms with Crippen LogP contribution in [0.4, 0.5) is 0 Å². The van der Waals surface area contributed by atoms with E-state index in [0.717, 1.165) is 12.8 Å². The smallest absolute Gasteiger partial charge is 0.0993 e. The van der Waals surface area contributed by atoms with E-state index in [-0.39, 0.29) is 19.0 Å². The zero-order valence-corrected chi connectivity index (χ0v) is 17.3. The summed E-state index contributed by atoms with van der Waals surface area (Å²) < 4.78 is 0. The highest BCUT2D eigenvalue weighted by atomic mass is 35.5. The lowest BCUT2D eigenvalue weighted by molar-refractivity contribution is -0.00443. The molecule has 1 fully saturated rings. The van der Waals surface area contributed by atoms with Crippen LogP contribution in [0, 0.1) is 0 Å². The van der Waals surface area contributed by atoms with Crippen LogP contribution in [0.15, 0.2) is 0 Å². The average molecular weight is 396 g/mol. The van der Waals surface area contributed by atoms with Gasteiger partial charge in [-0.05, 0) is 6.42 Å². The molecule has 0 spiro atoms. The molecule has 0 bridgehead atoms. The highest BCUT2D eigenvalue weighted by Crippen LogP contribution is 2.20. The zero-order valence-electron chi connectivity index (χ0n) is 16.5. The second-order valence-electron chi connectivity index (χ2n) is 7.71. The molecule has 0 aromatic rings. The predicted molar refractivity (Wildman–Crippen MR) is 109 cm³/mol. The Labute approximate surface area is 166 Å². The van der Waals surface area contributed by atoms with Crippen LogP contribution in [0.3, 0.4) is 0 Å². The molecule has 1 saturated heterocycles. The summed E-state index contributed by atoms with van der Waals surface area (Å²) in [5, 5.41) is 42.0. The van der Waals surface area contributed by atoms with E-state index in [2.05, 4.69) is 12.2 Å². The fourth-order valence-electron chi connectivity index (χ4n) is 3.77. The van der Waals surface area contributed by atoms with E-state index >= 15 is 0 Å². The number of aliphatic hydroxyl groups excluding tert-OH is 4. The normalized spacial score (nSPS) is 26.7. The largest absolute Gasteiger partial charge is 0.395 e. The van der Waals surface area contributed by atoms with Crippen LogP contribution in [-0.2, 0) is 0 Å². The average Bonchev–Trinajstić information content (AvgIpc) is 2.90. The number of hydrogen-bond acceptors (Lipinski definition) is 5. The topological polar surface area (TPSA) is 93.0 Å². The third-order valence-electron chi connectivity index (χ3n) is 5.50. The summed E-state index contributed by atoms with van der Waals surface area (Å²) in [5.74, 6) is 0. The van der Waals surface area contributed by atoms with Crippen LogP contribution in [-0.4, -0.2) is 57.4 Å². The highest BCUT2D eigenvalue weighted by molar-refractivity contribution is 5.85. The molecular formula is C20H42ClNO4. The van der Waals surface area contributed by atoms with Crippen molar-refractivity contribution in [2.75, 3.05) is 6.61 Å². The maximum Gasteiger partial charge on any atom is 0.0993 e. The first-order chi connectivity index (χ1) is 12.1. The second kappa shape index (κ2) is 16.1. The summed E-state index contributed by atoms with van der Waals surface area (Å²) in [7, 11) is 0. The molecule has 26 heavy (non-hydrogen) atoms. The van der Waals surface area contributed by atoms with Crippen molar-refractivity contribution in [2.24, 2.45) is 0 Å². The number of halogens is 1. The van der Waals surface area contributed by atoms with Gasteiger partial charge in [0.2, 0.25) is 0 Å². The third kappa shape index (κ3) is 9.86. The third-order valence-corrected chi connectivity index (χ3v) is 5.50. The van der Waals surface area contributed by atoms with Crippen molar-refractivity contribution in [3.63, 3.8) is 0 Å². The molecule has 6 heteroatoms. The lowest BCUT2D eigenvalue weighted by Crippen LogP contribution is -2.44. The Balaban J connectivity index is 0.00000625. The van der Waals surface area contributed by atoms with E-state index in [4.69, 9.17) is 5.11 Å². The monoisotopic (exact) mass is 395 g/mol. The number of aliphatic hydroxyl groups is 4. The Morgan fingerprint density at radius 3 is 1.65 bits per heavy atom. The molecule has 1 heterocycles. The van der Waals surface area contributed by atoms with E-state index in [1.54, 1.807) is 0 Å². The Hall–Kier alpha value is 0.0900. The maximum atomic E-state index is 10.2. The molecule has 5 atom stereocenters. The summed E-state index contributed by atoms with van der Waals surface area (Å²) in [4.78, 5) is 0. The molecule has 0 saturated carbocycles. The van der Waals surface area contributed by atoms with Crippen LogP contribution in [0.25, 0.3) is 0 Å². The molecule has 0 aromatic heterocycles. The molecule has 0 amide bonds. The molecule has 0 radical (unpaired) electrons. The fourth-order valence-corrected chi connectivity index (χ4v) is 3.77. The summed E-state index contributed by atoms with van der Waals surface area (Å²) in [5.41, 5.74) is 0. The van der Waals surface area contributed by atoms with Crippen LogP contribution >= 0.6 is 12.4 Å². The van der Waals surface area contributed by atoms with Crippen molar-refractivity contribution in [3.8, 4) is 0 Å². The van der Waals surface area contributed by atoms with Crippen LogP contribution in [0.1, 0.15) is 90.4 Å².